The summed E-state index contributed by atoms with van der Waals surface area (Å²) in [5.74, 6) is 0. The van der Waals surface area contributed by atoms with Gasteiger partial charge in [0.15, 0.2) is 0 Å². The zero-order chi connectivity index (χ0) is 13.0. The van der Waals surface area contributed by atoms with Crippen molar-refractivity contribution in [1.82, 2.24) is 14.9 Å². The molecule has 2 rings (SSSR count). The van der Waals surface area contributed by atoms with Crippen molar-refractivity contribution in [3.8, 4) is 0 Å². The number of nitrogens with zero attached hydrogens (tertiary/aromatic N) is 1. The number of aromatic nitrogens is 2. The zero-order valence-corrected chi connectivity index (χ0v) is 10.9. The summed E-state index contributed by atoms with van der Waals surface area (Å²) in [5.41, 5.74) is 1.83. The van der Waals surface area contributed by atoms with E-state index in [-0.39, 0.29) is 0 Å². The van der Waals surface area contributed by atoms with Gasteiger partial charge in [-0.05, 0) is 30.7 Å². The topological polar surface area (TPSA) is 74.8 Å². The van der Waals surface area contributed by atoms with Crippen molar-refractivity contribution in [1.29, 1.82) is 0 Å². The molecule has 0 amide bonds. The third-order valence-electron chi connectivity index (χ3n) is 2.54. The van der Waals surface area contributed by atoms with Crippen LogP contribution < -0.4 is 4.72 Å². The highest BCUT2D eigenvalue weighted by Gasteiger charge is 2.12. The smallest absolute Gasteiger partial charge is 0.240 e. The fourth-order valence-corrected chi connectivity index (χ4v) is 2.75. The molecule has 0 bridgehead atoms. The normalized spacial score (nSPS) is 11.6. The predicted molar refractivity (Wildman–Crippen MR) is 68.7 cm³/mol. The first-order valence-electron chi connectivity index (χ1n) is 5.62. The Balaban J connectivity index is 1.99. The van der Waals surface area contributed by atoms with Gasteiger partial charge in [0.25, 0.3) is 0 Å². The molecule has 0 saturated carbocycles. The van der Waals surface area contributed by atoms with Crippen LogP contribution in [0.3, 0.4) is 0 Å². The van der Waals surface area contributed by atoms with Crippen LogP contribution in [-0.4, -0.2) is 25.2 Å². The Kier molecular flexibility index (Phi) is 3.78. The first-order chi connectivity index (χ1) is 8.58. The molecule has 0 atom stereocenters. The largest absolute Gasteiger partial charge is 0.283 e. The van der Waals surface area contributed by atoms with Crippen LogP contribution in [0.1, 0.15) is 11.3 Å². The SMILES string of the molecule is Cc1cccc(S(=O)(=O)NCCc2ccn[nH]2)c1. The van der Waals surface area contributed by atoms with Gasteiger partial charge in [0.05, 0.1) is 4.90 Å². The molecular formula is C12H15N3O2S. The molecule has 18 heavy (non-hydrogen) atoms. The van der Waals surface area contributed by atoms with Gasteiger partial charge in [-0.25, -0.2) is 13.1 Å². The molecule has 0 aliphatic carbocycles. The van der Waals surface area contributed by atoms with Crippen LogP contribution in [0.4, 0.5) is 0 Å². The monoisotopic (exact) mass is 265 g/mol. The first-order valence-corrected chi connectivity index (χ1v) is 7.11. The highest BCUT2D eigenvalue weighted by molar-refractivity contribution is 7.89. The fourth-order valence-electron chi connectivity index (χ4n) is 1.61. The van der Waals surface area contributed by atoms with Gasteiger partial charge < -0.3 is 0 Å². The van der Waals surface area contributed by atoms with Crippen molar-refractivity contribution >= 4 is 10.0 Å². The number of aryl methyl sites for hydroxylation is 1. The molecule has 0 saturated heterocycles. The molecule has 0 spiro atoms. The van der Waals surface area contributed by atoms with Crippen molar-refractivity contribution in [2.24, 2.45) is 0 Å². The third kappa shape index (κ3) is 3.18. The van der Waals surface area contributed by atoms with E-state index in [1.54, 1.807) is 24.4 Å². The van der Waals surface area contributed by atoms with Gasteiger partial charge in [-0.3, -0.25) is 5.10 Å². The van der Waals surface area contributed by atoms with Gasteiger partial charge in [0.1, 0.15) is 0 Å². The number of rotatable bonds is 5. The number of aromatic amines is 1. The fraction of sp³-hybridized carbons (Fsp3) is 0.250. The molecule has 0 aliphatic rings. The molecule has 6 heteroatoms. The Morgan fingerprint density at radius 3 is 2.83 bits per heavy atom. The van der Waals surface area contributed by atoms with Gasteiger partial charge >= 0.3 is 0 Å². The Morgan fingerprint density at radius 1 is 1.33 bits per heavy atom. The summed E-state index contributed by atoms with van der Waals surface area (Å²) in [6.07, 6.45) is 2.23. The summed E-state index contributed by atoms with van der Waals surface area (Å²) < 4.78 is 26.5. The molecule has 0 radical (unpaired) electrons. The molecule has 0 unspecified atom stereocenters. The molecule has 96 valence electrons. The zero-order valence-electron chi connectivity index (χ0n) is 10.1. The summed E-state index contributed by atoms with van der Waals surface area (Å²) in [6, 6.07) is 8.66. The van der Waals surface area contributed by atoms with E-state index < -0.39 is 10.0 Å². The van der Waals surface area contributed by atoms with Crippen LogP contribution >= 0.6 is 0 Å². The van der Waals surface area contributed by atoms with E-state index in [9.17, 15) is 8.42 Å². The molecule has 1 aromatic heterocycles. The quantitative estimate of drug-likeness (QED) is 0.854. The Labute approximate surface area is 106 Å². The van der Waals surface area contributed by atoms with Gasteiger partial charge in [-0.1, -0.05) is 12.1 Å². The van der Waals surface area contributed by atoms with Crippen LogP contribution in [-0.2, 0) is 16.4 Å². The first kappa shape index (κ1) is 12.8. The van der Waals surface area contributed by atoms with Crippen molar-refractivity contribution in [2.75, 3.05) is 6.54 Å². The van der Waals surface area contributed by atoms with E-state index in [1.807, 2.05) is 19.1 Å². The van der Waals surface area contributed by atoms with Gasteiger partial charge in [-0.2, -0.15) is 5.10 Å². The minimum atomic E-state index is -3.42. The number of H-pyrrole nitrogens is 1. The van der Waals surface area contributed by atoms with Gasteiger partial charge in [0.2, 0.25) is 10.0 Å². The van der Waals surface area contributed by atoms with Crippen molar-refractivity contribution in [3.05, 3.63) is 47.8 Å². The second-order valence-corrected chi connectivity index (χ2v) is 5.81. The predicted octanol–water partition coefficient (Wildman–Crippen LogP) is 1.24. The van der Waals surface area contributed by atoms with E-state index in [0.717, 1.165) is 11.3 Å². The minimum Gasteiger partial charge on any atom is -0.283 e. The van der Waals surface area contributed by atoms with E-state index in [2.05, 4.69) is 14.9 Å². The average Bonchev–Trinajstić information content (AvgIpc) is 2.82. The Morgan fingerprint density at radius 2 is 2.17 bits per heavy atom. The molecule has 1 heterocycles. The van der Waals surface area contributed by atoms with Crippen LogP contribution in [0.25, 0.3) is 0 Å². The van der Waals surface area contributed by atoms with Crippen LogP contribution in [0.2, 0.25) is 0 Å². The van der Waals surface area contributed by atoms with E-state index in [0.29, 0.717) is 17.9 Å². The molecule has 0 fully saturated rings. The molecule has 2 N–H and O–H groups in total. The number of nitrogens with one attached hydrogen (secondary N) is 2. The van der Waals surface area contributed by atoms with Crippen LogP contribution in [0.5, 0.6) is 0 Å². The maximum absolute atomic E-state index is 12.0. The number of hydrogen-bond acceptors (Lipinski definition) is 3. The van der Waals surface area contributed by atoms with Crippen LogP contribution in [0.15, 0.2) is 41.4 Å². The third-order valence-corrected chi connectivity index (χ3v) is 4.00. The average molecular weight is 265 g/mol. The van der Waals surface area contributed by atoms with Crippen molar-refractivity contribution < 1.29 is 8.42 Å². The van der Waals surface area contributed by atoms with Gasteiger partial charge in [0, 0.05) is 24.9 Å². The van der Waals surface area contributed by atoms with E-state index >= 15 is 0 Å². The minimum absolute atomic E-state index is 0.298. The maximum atomic E-state index is 12.0. The number of hydrogen-bond donors (Lipinski definition) is 2. The summed E-state index contributed by atoms with van der Waals surface area (Å²) >= 11 is 0. The lowest BCUT2D eigenvalue weighted by atomic mass is 10.2. The van der Waals surface area contributed by atoms with Gasteiger partial charge in [-0.15, -0.1) is 0 Å². The highest BCUT2D eigenvalue weighted by Crippen LogP contribution is 2.10. The Bertz CT molecular complexity index is 606. The van der Waals surface area contributed by atoms with Crippen LogP contribution in [0, 0.1) is 6.92 Å². The second kappa shape index (κ2) is 5.32. The van der Waals surface area contributed by atoms with Crippen molar-refractivity contribution in [3.63, 3.8) is 0 Å². The number of benzene rings is 1. The van der Waals surface area contributed by atoms with Crippen molar-refractivity contribution in [2.45, 2.75) is 18.2 Å². The molecular weight excluding hydrogens is 250 g/mol. The summed E-state index contributed by atoms with van der Waals surface area (Å²) in [4.78, 5) is 0.298. The lowest BCUT2D eigenvalue weighted by Crippen LogP contribution is -2.26. The van der Waals surface area contributed by atoms with E-state index in [4.69, 9.17) is 0 Å². The summed E-state index contributed by atoms with van der Waals surface area (Å²) in [5, 5.41) is 6.59. The standard InChI is InChI=1S/C12H15N3O2S/c1-10-3-2-4-12(9-10)18(16,17)14-8-6-11-5-7-13-15-11/h2-5,7,9,14H,6,8H2,1H3,(H,13,15). The molecule has 5 nitrogen and oxygen atoms in total. The second-order valence-electron chi connectivity index (χ2n) is 4.05. The highest BCUT2D eigenvalue weighted by atomic mass is 32.2. The summed E-state index contributed by atoms with van der Waals surface area (Å²) in [6.45, 7) is 2.21. The van der Waals surface area contributed by atoms with E-state index in [1.165, 1.54) is 0 Å². The summed E-state index contributed by atoms with van der Waals surface area (Å²) in [7, 11) is -3.42. The molecule has 0 aliphatic heterocycles. The molecule has 1 aromatic carbocycles. The Hall–Kier alpha value is -1.66. The molecule has 2 aromatic rings. The lowest BCUT2D eigenvalue weighted by molar-refractivity contribution is 0.581. The maximum Gasteiger partial charge on any atom is 0.240 e. The number of sulfonamides is 1. The lowest BCUT2D eigenvalue weighted by Gasteiger charge is -2.06.